The van der Waals surface area contributed by atoms with Crippen molar-refractivity contribution in [1.29, 1.82) is 0 Å². The molecule has 2 aromatic carbocycles. The number of hydrogen-bond acceptors (Lipinski definition) is 7. The molecule has 11 heteroatoms. The van der Waals surface area contributed by atoms with Gasteiger partial charge in [0.1, 0.15) is 23.2 Å². The number of aliphatic carboxylic acids is 1. The highest BCUT2D eigenvalue weighted by molar-refractivity contribution is 7.18. The second-order valence-electron chi connectivity index (χ2n) is 8.50. The van der Waals surface area contributed by atoms with Crippen LogP contribution in [0.2, 0.25) is 0 Å². The molecule has 8 nitrogen and oxygen atoms in total. The van der Waals surface area contributed by atoms with Gasteiger partial charge in [-0.15, -0.1) is 22.6 Å². The van der Waals surface area contributed by atoms with Gasteiger partial charge in [0.2, 0.25) is 5.13 Å². The van der Waals surface area contributed by atoms with Gasteiger partial charge in [0.05, 0.1) is 11.5 Å². The van der Waals surface area contributed by atoms with E-state index in [1.165, 1.54) is 28.4 Å². The molecule has 4 rings (SSSR count). The number of anilines is 1. The molecule has 1 N–H and O–H groups in total. The van der Waals surface area contributed by atoms with Gasteiger partial charge < -0.3 is 9.84 Å². The van der Waals surface area contributed by atoms with E-state index in [2.05, 4.69) is 15.1 Å². The van der Waals surface area contributed by atoms with Crippen molar-refractivity contribution in [1.82, 2.24) is 15.1 Å². The first-order valence-electron chi connectivity index (χ1n) is 11.4. The zero-order chi connectivity index (χ0) is 25.1. The molecule has 192 valence electrons. The van der Waals surface area contributed by atoms with Crippen LogP contribution in [-0.2, 0) is 4.79 Å². The monoisotopic (exact) mass is 534 g/mol. The van der Waals surface area contributed by atoms with Gasteiger partial charge >= 0.3 is 5.97 Å². The van der Waals surface area contributed by atoms with Gasteiger partial charge in [-0.05, 0) is 56.2 Å². The lowest BCUT2D eigenvalue weighted by Gasteiger charge is -2.36. The van der Waals surface area contributed by atoms with E-state index in [9.17, 15) is 14.0 Å². The molecule has 1 amide bonds. The van der Waals surface area contributed by atoms with E-state index in [4.69, 9.17) is 9.84 Å². The normalized spacial score (nSPS) is 13.6. The summed E-state index contributed by atoms with van der Waals surface area (Å²) in [5, 5.41) is 18.5. The molecule has 2 heterocycles. The number of carbonyl (C=O) groups excluding carboxylic acids is 1. The molecule has 0 aliphatic carbocycles. The van der Waals surface area contributed by atoms with Crippen LogP contribution in [0.1, 0.15) is 28.4 Å². The van der Waals surface area contributed by atoms with Crippen LogP contribution in [0.3, 0.4) is 0 Å². The molecule has 0 unspecified atom stereocenters. The Labute approximate surface area is 219 Å². The number of carbonyl (C=O) groups is 2. The van der Waals surface area contributed by atoms with E-state index in [1.54, 1.807) is 12.1 Å². The van der Waals surface area contributed by atoms with Crippen molar-refractivity contribution in [3.63, 3.8) is 0 Å². The number of benzene rings is 2. The highest BCUT2D eigenvalue weighted by Gasteiger charge is 2.32. The lowest BCUT2D eigenvalue weighted by molar-refractivity contribution is -0.147. The Morgan fingerprint density at radius 1 is 1.19 bits per heavy atom. The van der Waals surface area contributed by atoms with Crippen LogP contribution in [0.4, 0.5) is 9.52 Å². The van der Waals surface area contributed by atoms with Gasteiger partial charge in [-0.25, -0.2) is 4.39 Å². The quantitative estimate of drug-likeness (QED) is 0.433. The predicted octanol–water partition coefficient (Wildman–Crippen LogP) is 4.44. The number of carboxylic acid groups (broad SMARTS) is 1. The van der Waals surface area contributed by atoms with Crippen LogP contribution < -0.4 is 9.64 Å². The van der Waals surface area contributed by atoms with Crippen molar-refractivity contribution in [2.75, 3.05) is 37.7 Å². The van der Waals surface area contributed by atoms with Gasteiger partial charge in [0.15, 0.2) is 0 Å². The maximum absolute atomic E-state index is 14.1. The summed E-state index contributed by atoms with van der Waals surface area (Å²) < 4.78 is 20.1. The van der Waals surface area contributed by atoms with E-state index in [0.29, 0.717) is 42.9 Å². The minimum absolute atomic E-state index is 0. The zero-order valence-electron chi connectivity index (χ0n) is 20.2. The number of amides is 1. The summed E-state index contributed by atoms with van der Waals surface area (Å²) in [5.41, 5.74) is 2.74. The number of rotatable bonds is 9. The van der Waals surface area contributed by atoms with Gasteiger partial charge in [-0.3, -0.25) is 19.4 Å². The van der Waals surface area contributed by atoms with Crippen molar-refractivity contribution >= 4 is 40.8 Å². The molecule has 0 bridgehead atoms. The van der Waals surface area contributed by atoms with E-state index >= 15 is 0 Å². The highest BCUT2D eigenvalue weighted by Crippen LogP contribution is 2.34. The van der Waals surface area contributed by atoms with E-state index < -0.39 is 17.7 Å². The number of carboxylic acids is 1. The van der Waals surface area contributed by atoms with Crippen molar-refractivity contribution in [2.45, 2.75) is 20.8 Å². The molecular formula is C25H28ClFN4O4S. The van der Waals surface area contributed by atoms with Crippen LogP contribution in [0, 0.1) is 25.6 Å². The SMILES string of the molecule is CCN(C(=O)c1ccccc1F)c1nnc(-c2cc(C)c(OCCN3CC(C(=O)O)C3)c(C)c2)s1.Cl. The largest absolute Gasteiger partial charge is 0.492 e. The molecule has 1 aromatic heterocycles. The first kappa shape index (κ1) is 27.5. The van der Waals surface area contributed by atoms with Crippen LogP contribution in [0.5, 0.6) is 5.75 Å². The summed E-state index contributed by atoms with van der Waals surface area (Å²) >= 11 is 1.27. The van der Waals surface area contributed by atoms with Crippen LogP contribution in [-0.4, -0.2) is 64.9 Å². The second-order valence-corrected chi connectivity index (χ2v) is 9.46. The fraction of sp³-hybridized carbons (Fsp3) is 0.360. The number of hydrogen-bond donors (Lipinski definition) is 1. The maximum atomic E-state index is 14.1. The van der Waals surface area contributed by atoms with Crippen LogP contribution >= 0.6 is 23.7 Å². The Kier molecular flexibility index (Phi) is 8.99. The number of aromatic nitrogens is 2. The van der Waals surface area contributed by atoms with Gasteiger partial charge in [0.25, 0.3) is 5.91 Å². The Morgan fingerprint density at radius 2 is 1.86 bits per heavy atom. The summed E-state index contributed by atoms with van der Waals surface area (Å²) in [5.74, 6) is -1.26. The van der Waals surface area contributed by atoms with Crippen LogP contribution in [0.15, 0.2) is 36.4 Å². The number of nitrogens with zero attached hydrogens (tertiary/aromatic N) is 4. The number of ether oxygens (including phenoxy) is 1. The van der Waals surface area contributed by atoms with E-state index in [1.807, 2.05) is 32.9 Å². The number of likely N-dealkylation sites (tertiary alicyclic amines) is 1. The first-order chi connectivity index (χ1) is 16.8. The van der Waals surface area contributed by atoms with Crippen LogP contribution in [0.25, 0.3) is 10.6 Å². The first-order valence-corrected chi connectivity index (χ1v) is 12.2. The third kappa shape index (κ3) is 5.83. The third-order valence-electron chi connectivity index (χ3n) is 5.98. The molecular weight excluding hydrogens is 507 g/mol. The Balaban J connectivity index is 0.00000361. The lowest BCUT2D eigenvalue weighted by Crippen LogP contribution is -2.51. The summed E-state index contributed by atoms with van der Waals surface area (Å²) in [4.78, 5) is 27.3. The van der Waals surface area contributed by atoms with E-state index in [0.717, 1.165) is 22.4 Å². The molecule has 0 saturated carbocycles. The molecule has 1 aliphatic heterocycles. The van der Waals surface area contributed by atoms with E-state index in [-0.39, 0.29) is 23.9 Å². The van der Waals surface area contributed by atoms with Crippen molar-refractivity contribution in [3.8, 4) is 16.3 Å². The maximum Gasteiger partial charge on any atom is 0.309 e. The fourth-order valence-electron chi connectivity index (χ4n) is 4.07. The Hall–Kier alpha value is -3.08. The number of halogens is 2. The minimum Gasteiger partial charge on any atom is -0.492 e. The Bertz CT molecular complexity index is 1230. The summed E-state index contributed by atoms with van der Waals surface area (Å²) in [6.07, 6.45) is 0. The van der Waals surface area contributed by atoms with Crippen molar-refractivity contribution in [3.05, 3.63) is 58.9 Å². The average Bonchev–Trinajstić information content (AvgIpc) is 3.27. The lowest BCUT2D eigenvalue weighted by atomic mass is 10.0. The molecule has 1 saturated heterocycles. The van der Waals surface area contributed by atoms with Gasteiger partial charge in [-0.1, -0.05) is 23.5 Å². The molecule has 3 aromatic rings. The molecule has 36 heavy (non-hydrogen) atoms. The van der Waals surface area contributed by atoms with Gasteiger partial charge in [0, 0.05) is 31.7 Å². The predicted molar refractivity (Wildman–Crippen MR) is 139 cm³/mol. The summed E-state index contributed by atoms with van der Waals surface area (Å²) in [7, 11) is 0. The summed E-state index contributed by atoms with van der Waals surface area (Å²) in [6, 6.07) is 9.82. The molecule has 0 spiro atoms. The van der Waals surface area contributed by atoms with Crippen molar-refractivity contribution in [2.24, 2.45) is 5.92 Å². The zero-order valence-corrected chi connectivity index (χ0v) is 21.9. The van der Waals surface area contributed by atoms with Gasteiger partial charge in [-0.2, -0.15) is 0 Å². The topological polar surface area (TPSA) is 95.9 Å². The second kappa shape index (κ2) is 11.8. The minimum atomic E-state index is -0.747. The fourth-order valence-corrected chi connectivity index (χ4v) is 4.97. The number of aryl methyl sites for hydroxylation is 2. The highest BCUT2D eigenvalue weighted by atomic mass is 35.5. The Morgan fingerprint density at radius 3 is 2.47 bits per heavy atom. The smallest absolute Gasteiger partial charge is 0.309 e. The standard InChI is InChI=1S/C25H27FN4O4S.ClH/c1-4-30(23(31)19-7-5-6-8-20(19)26)25-28-27-22(35-25)17-11-15(2)21(16(3)12-17)34-10-9-29-13-18(14-29)24(32)33;/h5-8,11-12,18H,4,9-10,13-14H2,1-3H3,(H,32,33);1H. The van der Waals surface area contributed by atoms with Crippen molar-refractivity contribution < 1.29 is 23.8 Å². The average molecular weight is 535 g/mol. The molecule has 1 aliphatic rings. The molecule has 1 fully saturated rings. The molecule has 0 radical (unpaired) electrons. The molecule has 0 atom stereocenters. The third-order valence-corrected chi connectivity index (χ3v) is 6.97. The summed E-state index contributed by atoms with van der Waals surface area (Å²) in [6.45, 7) is 8.31.